The van der Waals surface area contributed by atoms with Crippen molar-refractivity contribution in [2.45, 2.75) is 13.0 Å². The average Bonchev–Trinajstić information content (AvgIpc) is 2.60. The van der Waals surface area contributed by atoms with Gasteiger partial charge in [0.2, 0.25) is 0 Å². The van der Waals surface area contributed by atoms with E-state index in [0.29, 0.717) is 12.3 Å². The molecule has 0 aromatic heterocycles. The Morgan fingerprint density at radius 1 is 1.13 bits per heavy atom. The first kappa shape index (κ1) is 16.6. The fourth-order valence-electron chi connectivity index (χ4n) is 1.89. The van der Waals surface area contributed by atoms with Crippen LogP contribution in [0, 0.1) is 0 Å². The van der Waals surface area contributed by atoms with E-state index < -0.39 is 0 Å². The number of phenols is 1. The van der Waals surface area contributed by atoms with Crippen LogP contribution in [-0.4, -0.2) is 18.2 Å². The van der Waals surface area contributed by atoms with Gasteiger partial charge in [0.25, 0.3) is 0 Å². The monoisotopic (exact) mass is 313 g/mol. The highest BCUT2D eigenvalue weighted by Gasteiger charge is 2.04. The SMILES string of the molecule is COC(=O)CC=C(NOCc1ccc(O)cc1)c1ccccc1. The zero-order chi connectivity index (χ0) is 16.5. The number of phenolic OH excluding ortho intramolecular Hbond substituents is 1. The van der Waals surface area contributed by atoms with Crippen molar-refractivity contribution in [2.75, 3.05) is 7.11 Å². The van der Waals surface area contributed by atoms with Gasteiger partial charge in [-0.1, -0.05) is 42.5 Å². The first-order valence-corrected chi connectivity index (χ1v) is 7.17. The number of rotatable bonds is 7. The molecular formula is C18H19NO4. The van der Waals surface area contributed by atoms with Crippen LogP contribution in [0.4, 0.5) is 0 Å². The highest BCUT2D eigenvalue weighted by molar-refractivity contribution is 5.74. The minimum atomic E-state index is -0.321. The maximum Gasteiger partial charge on any atom is 0.309 e. The number of esters is 1. The Balaban J connectivity index is 2.00. The second kappa shape index (κ2) is 8.60. The second-order valence-corrected chi connectivity index (χ2v) is 4.82. The number of benzene rings is 2. The maximum atomic E-state index is 11.3. The Morgan fingerprint density at radius 2 is 1.83 bits per heavy atom. The lowest BCUT2D eigenvalue weighted by Crippen LogP contribution is -2.14. The Labute approximate surface area is 135 Å². The van der Waals surface area contributed by atoms with Crippen LogP contribution in [0.25, 0.3) is 5.70 Å². The minimum Gasteiger partial charge on any atom is -0.508 e. The molecule has 2 rings (SSSR count). The number of methoxy groups -OCH3 is 1. The molecule has 2 aromatic carbocycles. The van der Waals surface area contributed by atoms with Crippen LogP contribution in [0.15, 0.2) is 60.7 Å². The van der Waals surface area contributed by atoms with Gasteiger partial charge < -0.3 is 9.84 Å². The van der Waals surface area contributed by atoms with E-state index >= 15 is 0 Å². The molecule has 120 valence electrons. The smallest absolute Gasteiger partial charge is 0.309 e. The predicted octanol–water partition coefficient (Wildman–Crippen LogP) is 3.02. The molecule has 0 fully saturated rings. The summed E-state index contributed by atoms with van der Waals surface area (Å²) in [6, 6.07) is 16.3. The lowest BCUT2D eigenvalue weighted by Gasteiger charge is -2.12. The Kier molecular flexibility index (Phi) is 6.20. The first-order valence-electron chi connectivity index (χ1n) is 7.17. The lowest BCUT2D eigenvalue weighted by molar-refractivity contribution is -0.139. The van der Waals surface area contributed by atoms with Crippen molar-refractivity contribution in [1.82, 2.24) is 5.48 Å². The third kappa shape index (κ3) is 5.48. The first-order chi connectivity index (χ1) is 11.2. The van der Waals surface area contributed by atoms with Crippen LogP contribution in [-0.2, 0) is 21.0 Å². The third-order valence-electron chi connectivity index (χ3n) is 3.14. The van der Waals surface area contributed by atoms with Gasteiger partial charge in [-0.25, -0.2) is 0 Å². The van der Waals surface area contributed by atoms with Crippen molar-refractivity contribution < 1.29 is 19.5 Å². The standard InChI is InChI=1S/C18H19NO4/c1-22-18(21)12-11-17(15-5-3-2-4-6-15)19-23-13-14-7-9-16(20)10-8-14/h2-11,19-20H,12-13H2,1H3. The molecule has 0 aliphatic rings. The quantitative estimate of drug-likeness (QED) is 0.607. The summed E-state index contributed by atoms with van der Waals surface area (Å²) in [5.41, 5.74) is 5.38. The largest absolute Gasteiger partial charge is 0.508 e. The summed E-state index contributed by atoms with van der Waals surface area (Å²) in [6.45, 7) is 0.322. The van der Waals surface area contributed by atoms with Gasteiger partial charge in [-0.2, -0.15) is 0 Å². The molecule has 0 radical (unpaired) electrons. The molecule has 23 heavy (non-hydrogen) atoms. The number of aromatic hydroxyl groups is 1. The van der Waals surface area contributed by atoms with E-state index in [-0.39, 0.29) is 18.1 Å². The molecule has 0 heterocycles. The summed E-state index contributed by atoms with van der Waals surface area (Å²) in [5.74, 6) is -0.108. The normalized spacial score (nSPS) is 11.1. The molecule has 0 atom stereocenters. The van der Waals surface area contributed by atoms with Gasteiger partial charge in [-0.05, 0) is 29.3 Å². The Hall–Kier alpha value is -2.79. The molecule has 2 aromatic rings. The molecule has 0 saturated carbocycles. The van der Waals surface area contributed by atoms with Crippen molar-refractivity contribution in [3.63, 3.8) is 0 Å². The Morgan fingerprint density at radius 3 is 2.48 bits per heavy atom. The molecule has 0 unspecified atom stereocenters. The van der Waals surface area contributed by atoms with Crippen molar-refractivity contribution >= 4 is 11.7 Å². The van der Waals surface area contributed by atoms with Gasteiger partial charge in [0.1, 0.15) is 5.75 Å². The molecule has 5 nitrogen and oxygen atoms in total. The van der Waals surface area contributed by atoms with E-state index in [4.69, 9.17) is 4.84 Å². The molecule has 2 N–H and O–H groups in total. The fourth-order valence-corrected chi connectivity index (χ4v) is 1.89. The molecule has 0 aliphatic carbocycles. The van der Waals surface area contributed by atoms with E-state index in [2.05, 4.69) is 10.2 Å². The van der Waals surface area contributed by atoms with E-state index in [1.807, 2.05) is 30.3 Å². The number of carbonyl (C=O) groups is 1. The number of hydroxylamine groups is 1. The summed E-state index contributed by atoms with van der Waals surface area (Å²) in [7, 11) is 1.35. The van der Waals surface area contributed by atoms with Crippen LogP contribution in [0.3, 0.4) is 0 Å². The Bertz CT molecular complexity index is 650. The maximum absolute atomic E-state index is 11.3. The van der Waals surface area contributed by atoms with E-state index in [1.54, 1.807) is 30.3 Å². The molecule has 0 spiro atoms. The van der Waals surface area contributed by atoms with Gasteiger partial charge in [-0.3, -0.25) is 15.1 Å². The molecular weight excluding hydrogens is 294 g/mol. The summed E-state index contributed by atoms with van der Waals surface area (Å²) < 4.78 is 4.65. The predicted molar refractivity (Wildman–Crippen MR) is 87.1 cm³/mol. The number of hydrogen-bond acceptors (Lipinski definition) is 5. The highest BCUT2D eigenvalue weighted by Crippen LogP contribution is 2.14. The highest BCUT2D eigenvalue weighted by atomic mass is 16.6. The molecule has 0 bridgehead atoms. The molecule has 0 aliphatic heterocycles. The fraction of sp³-hybridized carbons (Fsp3) is 0.167. The van der Waals surface area contributed by atoms with Gasteiger partial charge in [0.15, 0.2) is 0 Å². The molecule has 0 saturated heterocycles. The lowest BCUT2D eigenvalue weighted by atomic mass is 10.1. The van der Waals surface area contributed by atoms with Gasteiger partial charge in [0, 0.05) is 0 Å². The van der Waals surface area contributed by atoms with Crippen molar-refractivity contribution in [2.24, 2.45) is 0 Å². The van der Waals surface area contributed by atoms with E-state index in [0.717, 1.165) is 11.1 Å². The number of nitrogens with one attached hydrogen (secondary N) is 1. The zero-order valence-electron chi connectivity index (χ0n) is 12.9. The number of ether oxygens (including phenoxy) is 1. The molecule has 5 heteroatoms. The summed E-state index contributed by atoms with van der Waals surface area (Å²) in [6.07, 6.45) is 1.87. The van der Waals surface area contributed by atoms with Crippen molar-refractivity contribution in [3.05, 3.63) is 71.8 Å². The molecule has 0 amide bonds. The summed E-state index contributed by atoms with van der Waals surface area (Å²) in [5, 5.41) is 9.26. The minimum absolute atomic E-state index is 0.149. The third-order valence-corrected chi connectivity index (χ3v) is 3.14. The summed E-state index contributed by atoms with van der Waals surface area (Å²) >= 11 is 0. The van der Waals surface area contributed by atoms with Gasteiger partial charge >= 0.3 is 5.97 Å². The van der Waals surface area contributed by atoms with Crippen LogP contribution < -0.4 is 5.48 Å². The van der Waals surface area contributed by atoms with Crippen LogP contribution in [0.5, 0.6) is 5.75 Å². The second-order valence-electron chi connectivity index (χ2n) is 4.82. The van der Waals surface area contributed by atoms with Crippen LogP contribution >= 0.6 is 0 Å². The van der Waals surface area contributed by atoms with Crippen LogP contribution in [0.1, 0.15) is 17.5 Å². The van der Waals surface area contributed by atoms with E-state index in [1.165, 1.54) is 7.11 Å². The van der Waals surface area contributed by atoms with Crippen molar-refractivity contribution in [3.8, 4) is 5.75 Å². The number of hydrogen-bond donors (Lipinski definition) is 2. The average molecular weight is 313 g/mol. The number of carbonyl (C=O) groups excluding carboxylic acids is 1. The summed E-state index contributed by atoms with van der Waals surface area (Å²) in [4.78, 5) is 16.8. The topological polar surface area (TPSA) is 67.8 Å². The zero-order valence-corrected chi connectivity index (χ0v) is 12.9. The van der Waals surface area contributed by atoms with Gasteiger partial charge in [0.05, 0.1) is 25.8 Å². The van der Waals surface area contributed by atoms with Crippen molar-refractivity contribution in [1.29, 1.82) is 0 Å². The van der Waals surface area contributed by atoms with Crippen LogP contribution in [0.2, 0.25) is 0 Å². The van der Waals surface area contributed by atoms with E-state index in [9.17, 15) is 9.90 Å². The van der Waals surface area contributed by atoms with Gasteiger partial charge in [-0.15, -0.1) is 0 Å².